The number of nitrogens with zero attached hydrogens (tertiary/aromatic N) is 1. The molecular formula is C29H30N2O. The zero-order valence-corrected chi connectivity index (χ0v) is 18.6. The topological polar surface area (TPSA) is 32.3 Å². The van der Waals surface area contributed by atoms with Crippen molar-refractivity contribution in [2.45, 2.75) is 37.8 Å². The van der Waals surface area contributed by atoms with E-state index in [4.69, 9.17) is 0 Å². The Hall–Kier alpha value is -3.07. The van der Waals surface area contributed by atoms with Crippen LogP contribution in [0.2, 0.25) is 0 Å². The Labute approximate surface area is 190 Å². The van der Waals surface area contributed by atoms with E-state index in [0.717, 1.165) is 23.0 Å². The minimum Gasteiger partial charge on any atom is -0.378 e. The number of hydrogen-bond donors (Lipinski definition) is 1. The lowest BCUT2D eigenvalue weighted by molar-refractivity contribution is 0.0785. The monoisotopic (exact) mass is 422 g/mol. The second kappa shape index (κ2) is 7.81. The maximum Gasteiger partial charge on any atom is 0.253 e. The molecule has 2 bridgehead atoms. The van der Waals surface area contributed by atoms with Gasteiger partial charge in [0, 0.05) is 24.8 Å². The van der Waals surface area contributed by atoms with Crippen LogP contribution in [0.1, 0.15) is 58.3 Å². The van der Waals surface area contributed by atoms with Gasteiger partial charge >= 0.3 is 0 Å². The molecule has 3 aromatic rings. The van der Waals surface area contributed by atoms with Gasteiger partial charge in [-0.3, -0.25) is 4.79 Å². The van der Waals surface area contributed by atoms with Crippen molar-refractivity contribution in [3.63, 3.8) is 0 Å². The van der Waals surface area contributed by atoms with Crippen molar-refractivity contribution in [3.8, 4) is 0 Å². The maximum absolute atomic E-state index is 13.3. The summed E-state index contributed by atoms with van der Waals surface area (Å²) in [4.78, 5) is 15.1. The summed E-state index contributed by atoms with van der Waals surface area (Å²) in [5.41, 5.74) is 5.94. The van der Waals surface area contributed by atoms with E-state index in [9.17, 15) is 4.79 Å². The summed E-state index contributed by atoms with van der Waals surface area (Å²) in [7, 11) is 1.90. The fourth-order valence-corrected chi connectivity index (χ4v) is 6.76. The van der Waals surface area contributed by atoms with Gasteiger partial charge in [0.05, 0.1) is 6.04 Å². The molecule has 3 heteroatoms. The molecule has 162 valence electrons. The second-order valence-corrected chi connectivity index (χ2v) is 9.92. The van der Waals surface area contributed by atoms with Crippen LogP contribution in [0.4, 0.5) is 5.69 Å². The first kappa shape index (κ1) is 19.6. The zero-order chi connectivity index (χ0) is 21.7. The molecule has 1 heterocycles. The van der Waals surface area contributed by atoms with Gasteiger partial charge in [-0.05, 0) is 77.8 Å². The van der Waals surface area contributed by atoms with Gasteiger partial charge < -0.3 is 10.2 Å². The molecule has 1 N–H and O–H groups in total. The average Bonchev–Trinajstić information content (AvgIpc) is 3.47. The van der Waals surface area contributed by atoms with Crippen molar-refractivity contribution in [2.75, 3.05) is 12.4 Å². The molecule has 0 radical (unpaired) electrons. The standard InChI is InChI=1S/C29H30N2O/c1-31(18-19-8-4-2-5-9-19)29(32)23-14-15-25-24(17-23)26-21-12-13-22(16-21)27(26)28(30-25)20-10-6-3-7-11-20/h2-11,14-15,17,21-22,26-28,30H,12-13,16,18H2,1H3/t21-,22-,26-,27-,28-/m0/s1. The predicted octanol–water partition coefficient (Wildman–Crippen LogP) is 6.26. The maximum atomic E-state index is 13.3. The van der Waals surface area contributed by atoms with E-state index >= 15 is 0 Å². The summed E-state index contributed by atoms with van der Waals surface area (Å²) >= 11 is 0. The van der Waals surface area contributed by atoms with Crippen molar-refractivity contribution >= 4 is 11.6 Å². The minimum absolute atomic E-state index is 0.0987. The Kier molecular flexibility index (Phi) is 4.78. The van der Waals surface area contributed by atoms with E-state index in [-0.39, 0.29) is 5.91 Å². The van der Waals surface area contributed by atoms with Crippen molar-refractivity contribution in [1.29, 1.82) is 0 Å². The fraction of sp³-hybridized carbons (Fsp3) is 0.345. The third kappa shape index (κ3) is 3.23. The smallest absolute Gasteiger partial charge is 0.253 e. The minimum atomic E-state index is 0.0987. The van der Waals surface area contributed by atoms with E-state index in [1.165, 1.54) is 36.1 Å². The first-order valence-electron chi connectivity index (χ1n) is 11.9. The number of fused-ring (bicyclic) bond motifs is 7. The Morgan fingerprint density at radius 2 is 1.66 bits per heavy atom. The molecule has 0 aromatic heterocycles. The van der Waals surface area contributed by atoms with Crippen LogP contribution in [0, 0.1) is 17.8 Å². The van der Waals surface area contributed by atoms with E-state index in [0.29, 0.717) is 24.4 Å². The van der Waals surface area contributed by atoms with Gasteiger partial charge in [0.1, 0.15) is 0 Å². The van der Waals surface area contributed by atoms with E-state index < -0.39 is 0 Å². The van der Waals surface area contributed by atoms with Crippen LogP contribution >= 0.6 is 0 Å². The number of amides is 1. The Balaban J connectivity index is 1.32. The van der Waals surface area contributed by atoms with Gasteiger partial charge in [-0.1, -0.05) is 60.7 Å². The number of hydrogen-bond acceptors (Lipinski definition) is 2. The molecule has 2 fully saturated rings. The molecule has 32 heavy (non-hydrogen) atoms. The van der Waals surface area contributed by atoms with Crippen LogP contribution < -0.4 is 5.32 Å². The lowest BCUT2D eigenvalue weighted by atomic mass is 9.68. The summed E-state index contributed by atoms with van der Waals surface area (Å²) in [6.45, 7) is 0.627. The summed E-state index contributed by atoms with van der Waals surface area (Å²) < 4.78 is 0. The van der Waals surface area contributed by atoms with E-state index in [1.807, 2.05) is 36.2 Å². The number of carbonyl (C=O) groups excluding carboxylic acids is 1. The number of anilines is 1. The number of nitrogens with one attached hydrogen (secondary N) is 1. The molecule has 0 unspecified atom stereocenters. The largest absolute Gasteiger partial charge is 0.378 e. The highest BCUT2D eigenvalue weighted by Crippen LogP contribution is 2.63. The number of benzene rings is 3. The van der Waals surface area contributed by atoms with Crippen LogP contribution in [0.3, 0.4) is 0 Å². The Bertz CT molecular complexity index is 1130. The van der Waals surface area contributed by atoms with E-state index in [1.54, 1.807) is 0 Å². The number of carbonyl (C=O) groups is 1. The molecule has 0 saturated heterocycles. The second-order valence-electron chi connectivity index (χ2n) is 9.92. The Morgan fingerprint density at radius 1 is 0.938 bits per heavy atom. The molecule has 1 aliphatic heterocycles. The average molecular weight is 423 g/mol. The van der Waals surface area contributed by atoms with Gasteiger partial charge in [-0.25, -0.2) is 0 Å². The molecule has 5 atom stereocenters. The molecule has 3 nitrogen and oxygen atoms in total. The van der Waals surface area contributed by atoms with Gasteiger partial charge in [-0.2, -0.15) is 0 Å². The first-order chi connectivity index (χ1) is 15.7. The summed E-state index contributed by atoms with van der Waals surface area (Å²) in [6, 6.07) is 27.9. The summed E-state index contributed by atoms with van der Waals surface area (Å²) in [5.74, 6) is 2.82. The van der Waals surface area contributed by atoms with Crippen LogP contribution in [0.5, 0.6) is 0 Å². The predicted molar refractivity (Wildman–Crippen MR) is 129 cm³/mol. The van der Waals surface area contributed by atoms with Gasteiger partial charge in [0.2, 0.25) is 0 Å². The molecule has 1 amide bonds. The van der Waals surface area contributed by atoms with Crippen molar-refractivity contribution in [1.82, 2.24) is 4.90 Å². The normalized spacial score (nSPS) is 27.3. The molecule has 0 spiro atoms. The van der Waals surface area contributed by atoms with Crippen LogP contribution in [0.15, 0.2) is 78.9 Å². The quantitative estimate of drug-likeness (QED) is 0.538. The lowest BCUT2D eigenvalue weighted by Gasteiger charge is -2.43. The van der Waals surface area contributed by atoms with Crippen molar-refractivity contribution < 1.29 is 4.79 Å². The highest BCUT2D eigenvalue weighted by molar-refractivity contribution is 5.95. The SMILES string of the molecule is CN(Cc1ccccc1)C(=O)c1ccc2c(c1)[C@@H]1[C@H]3CC[C@@H](C3)[C@@H]1[C@H](c1ccccc1)N2. The zero-order valence-electron chi connectivity index (χ0n) is 18.6. The summed E-state index contributed by atoms with van der Waals surface area (Å²) in [5, 5.41) is 3.88. The molecular weight excluding hydrogens is 392 g/mol. The van der Waals surface area contributed by atoms with Crippen molar-refractivity contribution in [2.24, 2.45) is 17.8 Å². The Morgan fingerprint density at radius 3 is 2.44 bits per heavy atom. The molecule has 2 aliphatic carbocycles. The first-order valence-corrected chi connectivity index (χ1v) is 11.9. The molecule has 2 saturated carbocycles. The van der Waals surface area contributed by atoms with Gasteiger partial charge in [0.25, 0.3) is 5.91 Å². The van der Waals surface area contributed by atoms with Gasteiger partial charge in [-0.15, -0.1) is 0 Å². The third-order valence-electron chi connectivity index (χ3n) is 8.10. The van der Waals surface area contributed by atoms with Crippen LogP contribution in [-0.2, 0) is 6.54 Å². The van der Waals surface area contributed by atoms with Crippen molar-refractivity contribution in [3.05, 3.63) is 101 Å². The van der Waals surface area contributed by atoms with Crippen LogP contribution in [-0.4, -0.2) is 17.9 Å². The summed E-state index contributed by atoms with van der Waals surface area (Å²) in [6.07, 6.45) is 4.02. The fourth-order valence-electron chi connectivity index (χ4n) is 6.76. The van der Waals surface area contributed by atoms with Gasteiger partial charge in [0.15, 0.2) is 0 Å². The van der Waals surface area contributed by atoms with E-state index in [2.05, 4.69) is 59.9 Å². The highest BCUT2D eigenvalue weighted by atomic mass is 16.2. The molecule has 3 aromatic carbocycles. The molecule has 6 rings (SSSR count). The highest BCUT2D eigenvalue weighted by Gasteiger charge is 2.53. The molecule has 3 aliphatic rings. The third-order valence-corrected chi connectivity index (χ3v) is 8.10. The van der Waals surface area contributed by atoms with Crippen LogP contribution in [0.25, 0.3) is 0 Å². The number of rotatable bonds is 4. The lowest BCUT2D eigenvalue weighted by Crippen LogP contribution is -2.35.